The van der Waals surface area contributed by atoms with Crippen LogP contribution in [0.15, 0.2) is 18.2 Å². The standard InChI is InChI=1S/C15H21Cl2NO3/c16-14-3-2-12(8-15(14)17)9-18(5-1-6-19)10-13-4-7-20-11-21-13/h2-3,8,13,19H,1,4-7,9-11H2/t13-/m1/s1. The molecule has 118 valence electrons. The highest BCUT2D eigenvalue weighted by atomic mass is 35.5. The van der Waals surface area contributed by atoms with E-state index in [4.69, 9.17) is 37.8 Å². The van der Waals surface area contributed by atoms with Gasteiger partial charge in [-0.25, -0.2) is 0 Å². The van der Waals surface area contributed by atoms with Gasteiger partial charge in [0, 0.05) is 26.2 Å². The maximum Gasteiger partial charge on any atom is 0.147 e. The molecule has 1 atom stereocenters. The van der Waals surface area contributed by atoms with Crippen molar-refractivity contribution in [2.45, 2.75) is 25.5 Å². The van der Waals surface area contributed by atoms with Gasteiger partial charge in [0.2, 0.25) is 0 Å². The zero-order valence-electron chi connectivity index (χ0n) is 11.9. The Hall–Kier alpha value is -0.360. The van der Waals surface area contributed by atoms with Gasteiger partial charge in [-0.15, -0.1) is 0 Å². The van der Waals surface area contributed by atoms with Crippen LogP contribution in [0.1, 0.15) is 18.4 Å². The van der Waals surface area contributed by atoms with Crippen LogP contribution >= 0.6 is 23.2 Å². The zero-order chi connectivity index (χ0) is 15.1. The molecule has 1 aliphatic heterocycles. The second-order valence-electron chi connectivity index (χ2n) is 5.16. The molecule has 6 heteroatoms. The van der Waals surface area contributed by atoms with Crippen LogP contribution in [0.2, 0.25) is 10.0 Å². The van der Waals surface area contributed by atoms with E-state index in [0.29, 0.717) is 16.8 Å². The highest BCUT2D eigenvalue weighted by Crippen LogP contribution is 2.23. The molecule has 1 heterocycles. The molecule has 0 aliphatic carbocycles. The summed E-state index contributed by atoms with van der Waals surface area (Å²) in [5.74, 6) is 0. The van der Waals surface area contributed by atoms with Crippen molar-refractivity contribution in [3.05, 3.63) is 33.8 Å². The summed E-state index contributed by atoms with van der Waals surface area (Å²) in [6, 6.07) is 5.68. The first-order valence-corrected chi connectivity index (χ1v) is 7.91. The Morgan fingerprint density at radius 1 is 1.29 bits per heavy atom. The molecular weight excluding hydrogens is 313 g/mol. The van der Waals surface area contributed by atoms with E-state index >= 15 is 0 Å². The van der Waals surface area contributed by atoms with Crippen LogP contribution in [0, 0.1) is 0 Å². The van der Waals surface area contributed by atoms with E-state index in [0.717, 1.165) is 44.6 Å². The van der Waals surface area contributed by atoms with Crippen molar-refractivity contribution < 1.29 is 14.6 Å². The SMILES string of the molecule is OCCCN(Cc1ccc(Cl)c(Cl)c1)C[C@H]1CCOCO1. The van der Waals surface area contributed by atoms with Crippen molar-refractivity contribution in [2.24, 2.45) is 0 Å². The van der Waals surface area contributed by atoms with Crippen LogP contribution in [0.5, 0.6) is 0 Å². The number of nitrogens with zero attached hydrogens (tertiary/aromatic N) is 1. The minimum atomic E-state index is 0.181. The monoisotopic (exact) mass is 333 g/mol. The number of halogens is 2. The van der Waals surface area contributed by atoms with Crippen LogP contribution < -0.4 is 0 Å². The maximum atomic E-state index is 9.05. The van der Waals surface area contributed by atoms with Gasteiger partial charge in [-0.3, -0.25) is 4.90 Å². The van der Waals surface area contributed by atoms with Crippen LogP contribution in [0.3, 0.4) is 0 Å². The molecule has 2 rings (SSSR count). The van der Waals surface area contributed by atoms with Gasteiger partial charge in [0.15, 0.2) is 0 Å². The van der Waals surface area contributed by atoms with E-state index in [-0.39, 0.29) is 12.7 Å². The molecule has 1 fully saturated rings. The van der Waals surface area contributed by atoms with Crippen LogP contribution in [-0.2, 0) is 16.0 Å². The number of aliphatic hydroxyl groups excluding tert-OH is 1. The van der Waals surface area contributed by atoms with Gasteiger partial charge < -0.3 is 14.6 Å². The van der Waals surface area contributed by atoms with E-state index in [1.165, 1.54) is 0 Å². The number of hydrogen-bond acceptors (Lipinski definition) is 4. The third-order valence-corrected chi connectivity index (χ3v) is 4.19. The predicted molar refractivity (Wildman–Crippen MR) is 83.8 cm³/mol. The molecular formula is C15H21Cl2NO3. The normalized spacial score (nSPS) is 19.1. The lowest BCUT2D eigenvalue weighted by atomic mass is 10.1. The second-order valence-corrected chi connectivity index (χ2v) is 5.98. The molecule has 1 N–H and O–H groups in total. The number of rotatable bonds is 7. The quantitative estimate of drug-likeness (QED) is 0.833. The third kappa shape index (κ3) is 5.74. The molecule has 4 nitrogen and oxygen atoms in total. The van der Waals surface area contributed by atoms with E-state index in [1.807, 2.05) is 18.2 Å². The fourth-order valence-electron chi connectivity index (χ4n) is 2.36. The lowest BCUT2D eigenvalue weighted by Crippen LogP contribution is -2.37. The average molecular weight is 334 g/mol. The first-order valence-electron chi connectivity index (χ1n) is 7.15. The molecule has 0 aromatic heterocycles. The Morgan fingerprint density at radius 3 is 2.81 bits per heavy atom. The summed E-state index contributed by atoms with van der Waals surface area (Å²) in [5, 5.41) is 10.2. The van der Waals surface area contributed by atoms with Crippen LogP contribution in [0.4, 0.5) is 0 Å². The minimum absolute atomic E-state index is 0.181. The van der Waals surface area contributed by atoms with Gasteiger partial charge in [-0.05, 0) is 30.5 Å². The lowest BCUT2D eigenvalue weighted by Gasteiger charge is -2.30. The fraction of sp³-hybridized carbons (Fsp3) is 0.600. The number of benzene rings is 1. The summed E-state index contributed by atoms with van der Waals surface area (Å²) >= 11 is 12.0. The van der Waals surface area contributed by atoms with Crippen molar-refractivity contribution >= 4 is 23.2 Å². The van der Waals surface area contributed by atoms with Crippen molar-refractivity contribution in [1.29, 1.82) is 0 Å². The zero-order valence-corrected chi connectivity index (χ0v) is 13.4. The Balaban J connectivity index is 1.95. The highest BCUT2D eigenvalue weighted by Gasteiger charge is 2.18. The van der Waals surface area contributed by atoms with E-state index < -0.39 is 0 Å². The fourth-order valence-corrected chi connectivity index (χ4v) is 2.68. The van der Waals surface area contributed by atoms with Gasteiger partial charge in [-0.2, -0.15) is 0 Å². The summed E-state index contributed by atoms with van der Waals surface area (Å²) in [6.45, 7) is 3.70. The Morgan fingerprint density at radius 2 is 2.14 bits per heavy atom. The summed E-state index contributed by atoms with van der Waals surface area (Å²) in [5.41, 5.74) is 1.11. The molecule has 1 aliphatic rings. The molecule has 0 spiro atoms. The molecule has 21 heavy (non-hydrogen) atoms. The molecule has 0 saturated carbocycles. The van der Waals surface area contributed by atoms with Crippen LogP contribution in [-0.4, -0.2) is 49.2 Å². The molecule has 0 amide bonds. The molecule has 1 aromatic carbocycles. The second kappa shape index (κ2) is 8.93. The highest BCUT2D eigenvalue weighted by molar-refractivity contribution is 6.42. The Bertz CT molecular complexity index is 439. The average Bonchev–Trinajstić information content (AvgIpc) is 2.49. The van der Waals surface area contributed by atoms with Crippen LogP contribution in [0.25, 0.3) is 0 Å². The summed E-state index contributed by atoms with van der Waals surface area (Å²) < 4.78 is 10.8. The van der Waals surface area contributed by atoms with E-state index in [9.17, 15) is 0 Å². The van der Waals surface area contributed by atoms with E-state index in [2.05, 4.69) is 4.90 Å². The number of hydrogen-bond donors (Lipinski definition) is 1. The maximum absolute atomic E-state index is 9.05. The predicted octanol–water partition coefficient (Wildman–Crippen LogP) is 2.94. The lowest BCUT2D eigenvalue weighted by molar-refractivity contribution is -0.145. The minimum Gasteiger partial charge on any atom is -0.396 e. The van der Waals surface area contributed by atoms with Crippen molar-refractivity contribution in [3.63, 3.8) is 0 Å². The smallest absolute Gasteiger partial charge is 0.147 e. The van der Waals surface area contributed by atoms with Gasteiger partial charge in [0.1, 0.15) is 6.79 Å². The molecule has 0 radical (unpaired) electrons. The van der Waals surface area contributed by atoms with Gasteiger partial charge >= 0.3 is 0 Å². The molecule has 0 unspecified atom stereocenters. The van der Waals surface area contributed by atoms with Crippen molar-refractivity contribution in [2.75, 3.05) is 33.1 Å². The number of aliphatic hydroxyl groups is 1. The number of ether oxygens (including phenoxy) is 2. The molecule has 1 saturated heterocycles. The van der Waals surface area contributed by atoms with E-state index in [1.54, 1.807) is 0 Å². The van der Waals surface area contributed by atoms with Crippen molar-refractivity contribution in [3.8, 4) is 0 Å². The van der Waals surface area contributed by atoms with Crippen molar-refractivity contribution in [1.82, 2.24) is 4.90 Å². The summed E-state index contributed by atoms with van der Waals surface area (Å²) in [6.07, 6.45) is 1.82. The largest absolute Gasteiger partial charge is 0.396 e. The summed E-state index contributed by atoms with van der Waals surface area (Å²) in [4.78, 5) is 2.27. The first-order chi connectivity index (χ1) is 10.2. The third-order valence-electron chi connectivity index (χ3n) is 3.46. The first kappa shape index (κ1) is 17.0. The van der Waals surface area contributed by atoms with Gasteiger partial charge in [-0.1, -0.05) is 29.3 Å². The van der Waals surface area contributed by atoms with Gasteiger partial charge in [0.05, 0.1) is 22.8 Å². The topological polar surface area (TPSA) is 41.9 Å². The molecule has 0 bridgehead atoms. The van der Waals surface area contributed by atoms with Gasteiger partial charge in [0.25, 0.3) is 0 Å². The molecule has 1 aromatic rings. The summed E-state index contributed by atoms with van der Waals surface area (Å²) in [7, 11) is 0. The Kier molecular flexibility index (Phi) is 7.23. The Labute approximate surface area is 135 Å².